The van der Waals surface area contributed by atoms with Gasteiger partial charge in [0.1, 0.15) is 16.5 Å². The molecule has 1 saturated heterocycles. The Morgan fingerprint density at radius 2 is 2.04 bits per heavy atom. The van der Waals surface area contributed by atoms with Crippen LogP contribution in [0.25, 0.3) is 0 Å². The van der Waals surface area contributed by atoms with Crippen LogP contribution in [-0.4, -0.2) is 34.8 Å². The molecule has 28 heavy (non-hydrogen) atoms. The van der Waals surface area contributed by atoms with Crippen molar-refractivity contribution in [1.29, 1.82) is 0 Å². The highest BCUT2D eigenvalue weighted by atomic mass is 35.5. The third-order valence-electron chi connectivity index (χ3n) is 4.62. The van der Waals surface area contributed by atoms with Crippen molar-refractivity contribution in [3.05, 3.63) is 50.7 Å². The van der Waals surface area contributed by atoms with Gasteiger partial charge in [-0.15, -0.1) is 11.3 Å². The number of aromatic nitrogens is 1. The number of hydrogen-bond acceptors (Lipinski definition) is 4. The molecule has 1 aliphatic heterocycles. The minimum absolute atomic E-state index is 0.0666. The Labute approximate surface area is 172 Å². The quantitative estimate of drug-likeness (QED) is 0.733. The maximum absolute atomic E-state index is 14.1. The molecule has 0 saturated carbocycles. The maximum atomic E-state index is 14.1. The lowest BCUT2D eigenvalue weighted by atomic mass is 10.0. The van der Waals surface area contributed by atoms with Crippen LogP contribution in [0.1, 0.15) is 65.0 Å². The molecular formula is C20H23ClFN3O2S. The molecule has 0 bridgehead atoms. The lowest BCUT2D eigenvalue weighted by Gasteiger charge is -2.19. The van der Waals surface area contributed by atoms with E-state index >= 15 is 0 Å². The van der Waals surface area contributed by atoms with Crippen LogP contribution >= 0.6 is 22.9 Å². The van der Waals surface area contributed by atoms with Crippen LogP contribution in [0.2, 0.25) is 5.02 Å². The number of carbonyl (C=O) groups is 2. The number of nitrogens with one attached hydrogen (secondary N) is 1. The number of halogens is 2. The Hall–Kier alpha value is -1.99. The second-order valence-electron chi connectivity index (χ2n) is 7.35. The van der Waals surface area contributed by atoms with Gasteiger partial charge in [0.2, 0.25) is 0 Å². The monoisotopic (exact) mass is 423 g/mol. The summed E-state index contributed by atoms with van der Waals surface area (Å²) in [5.74, 6) is -0.986. The second-order valence-corrected chi connectivity index (χ2v) is 8.68. The summed E-state index contributed by atoms with van der Waals surface area (Å²) in [4.78, 5) is 31.4. The summed E-state index contributed by atoms with van der Waals surface area (Å²) >= 11 is 7.10. The predicted molar refractivity (Wildman–Crippen MR) is 108 cm³/mol. The standard InChI is InChI=1S/C20H23ClFN3O2S/c1-12(2)9-16(23-18(26)14-6-5-13(21)10-15(14)22)19-24-17(11-28-19)20(27)25-7-3-4-8-25/h5-6,10-12,16H,3-4,7-9H2,1-2H3,(H,23,26)/t16-/m0/s1. The topological polar surface area (TPSA) is 62.3 Å². The molecule has 1 aromatic carbocycles. The Balaban J connectivity index is 1.78. The van der Waals surface area contributed by atoms with Crippen LogP contribution in [0.3, 0.4) is 0 Å². The fourth-order valence-corrected chi connectivity index (χ4v) is 4.25. The Kier molecular flexibility index (Phi) is 6.67. The first kappa shape index (κ1) is 20.7. The normalized spacial score (nSPS) is 15.1. The number of thiazole rings is 1. The molecule has 2 aromatic rings. The van der Waals surface area contributed by atoms with E-state index in [1.54, 1.807) is 10.3 Å². The van der Waals surface area contributed by atoms with Crippen molar-refractivity contribution in [2.45, 2.75) is 39.2 Å². The molecule has 5 nitrogen and oxygen atoms in total. The summed E-state index contributed by atoms with van der Waals surface area (Å²) in [6.07, 6.45) is 2.66. The van der Waals surface area contributed by atoms with Crippen LogP contribution in [0, 0.1) is 11.7 Å². The first-order valence-electron chi connectivity index (χ1n) is 9.35. The zero-order valence-corrected chi connectivity index (χ0v) is 17.4. The number of hydrogen-bond donors (Lipinski definition) is 1. The summed E-state index contributed by atoms with van der Waals surface area (Å²) in [6, 6.07) is 3.56. The van der Waals surface area contributed by atoms with Crippen molar-refractivity contribution in [2.24, 2.45) is 5.92 Å². The first-order chi connectivity index (χ1) is 13.3. The van der Waals surface area contributed by atoms with Crippen LogP contribution in [0.5, 0.6) is 0 Å². The Bertz CT molecular complexity index is 865. The lowest BCUT2D eigenvalue weighted by Crippen LogP contribution is -2.31. The molecule has 8 heteroatoms. The highest BCUT2D eigenvalue weighted by molar-refractivity contribution is 7.09. The first-order valence-corrected chi connectivity index (χ1v) is 10.6. The van der Waals surface area contributed by atoms with Crippen molar-refractivity contribution in [3.63, 3.8) is 0 Å². The molecule has 1 N–H and O–H groups in total. The molecule has 150 valence electrons. The van der Waals surface area contributed by atoms with Gasteiger partial charge >= 0.3 is 0 Å². The number of nitrogens with zero attached hydrogens (tertiary/aromatic N) is 2. The predicted octanol–water partition coefficient (Wildman–Crippen LogP) is 4.69. The molecule has 1 aliphatic rings. The summed E-state index contributed by atoms with van der Waals surface area (Å²) < 4.78 is 14.1. The van der Waals surface area contributed by atoms with Gasteiger partial charge in [0.15, 0.2) is 0 Å². The van der Waals surface area contributed by atoms with Crippen LogP contribution < -0.4 is 5.32 Å². The third-order valence-corrected chi connectivity index (χ3v) is 5.81. The number of rotatable bonds is 6. The van der Waals surface area contributed by atoms with E-state index in [4.69, 9.17) is 11.6 Å². The zero-order chi connectivity index (χ0) is 20.3. The minimum Gasteiger partial charge on any atom is -0.343 e. The summed E-state index contributed by atoms with van der Waals surface area (Å²) in [5.41, 5.74) is 0.339. The van der Waals surface area contributed by atoms with E-state index in [0.717, 1.165) is 32.0 Å². The molecule has 0 radical (unpaired) electrons. The lowest BCUT2D eigenvalue weighted by molar-refractivity contribution is 0.0787. The minimum atomic E-state index is -0.669. The number of carbonyl (C=O) groups excluding carboxylic acids is 2. The zero-order valence-electron chi connectivity index (χ0n) is 15.9. The molecule has 2 heterocycles. The number of amides is 2. The smallest absolute Gasteiger partial charge is 0.273 e. The van der Waals surface area contributed by atoms with Gasteiger partial charge in [0.25, 0.3) is 11.8 Å². The van der Waals surface area contributed by atoms with E-state index in [9.17, 15) is 14.0 Å². The Morgan fingerprint density at radius 1 is 1.32 bits per heavy atom. The van der Waals surface area contributed by atoms with Crippen LogP contribution in [0.4, 0.5) is 4.39 Å². The van der Waals surface area contributed by atoms with E-state index in [0.29, 0.717) is 17.1 Å². The largest absolute Gasteiger partial charge is 0.343 e. The van der Waals surface area contributed by atoms with Crippen LogP contribution in [0.15, 0.2) is 23.6 Å². The molecule has 1 atom stereocenters. The SMILES string of the molecule is CC(C)C[C@H](NC(=O)c1ccc(Cl)cc1F)c1nc(C(=O)N2CCCC2)cs1. The van der Waals surface area contributed by atoms with Gasteiger partial charge in [-0.3, -0.25) is 9.59 Å². The van der Waals surface area contributed by atoms with E-state index < -0.39 is 17.8 Å². The van der Waals surface area contributed by atoms with Crippen molar-refractivity contribution < 1.29 is 14.0 Å². The fraction of sp³-hybridized carbons (Fsp3) is 0.450. The summed E-state index contributed by atoms with van der Waals surface area (Å²) in [5, 5.41) is 5.48. The molecule has 1 aromatic heterocycles. The molecular weight excluding hydrogens is 401 g/mol. The molecule has 0 spiro atoms. The molecule has 1 fully saturated rings. The molecule has 0 unspecified atom stereocenters. The van der Waals surface area contributed by atoms with Crippen molar-refractivity contribution in [3.8, 4) is 0 Å². The second kappa shape index (κ2) is 9.01. The van der Waals surface area contributed by atoms with Gasteiger partial charge in [-0.05, 0) is 43.4 Å². The van der Waals surface area contributed by atoms with Gasteiger partial charge in [0, 0.05) is 23.5 Å². The van der Waals surface area contributed by atoms with Crippen molar-refractivity contribution in [2.75, 3.05) is 13.1 Å². The van der Waals surface area contributed by atoms with Gasteiger partial charge in [-0.2, -0.15) is 0 Å². The molecule has 2 amide bonds. The van der Waals surface area contributed by atoms with Gasteiger partial charge in [0.05, 0.1) is 11.6 Å². The Morgan fingerprint density at radius 3 is 2.68 bits per heavy atom. The maximum Gasteiger partial charge on any atom is 0.273 e. The average molecular weight is 424 g/mol. The van der Waals surface area contributed by atoms with Gasteiger partial charge in [-0.1, -0.05) is 25.4 Å². The third kappa shape index (κ3) is 4.89. The number of likely N-dealkylation sites (tertiary alicyclic amines) is 1. The summed E-state index contributed by atoms with van der Waals surface area (Å²) in [6.45, 7) is 5.58. The van der Waals surface area contributed by atoms with Crippen molar-refractivity contribution in [1.82, 2.24) is 15.2 Å². The molecule has 3 rings (SSSR count). The molecule has 0 aliphatic carbocycles. The van der Waals surface area contributed by atoms with Crippen LogP contribution in [-0.2, 0) is 0 Å². The van der Waals surface area contributed by atoms with E-state index in [-0.39, 0.29) is 22.4 Å². The van der Waals surface area contributed by atoms with Gasteiger partial charge in [-0.25, -0.2) is 9.37 Å². The van der Waals surface area contributed by atoms with E-state index in [1.807, 2.05) is 13.8 Å². The highest BCUT2D eigenvalue weighted by Crippen LogP contribution is 2.26. The van der Waals surface area contributed by atoms with Gasteiger partial charge < -0.3 is 10.2 Å². The number of benzene rings is 1. The summed E-state index contributed by atoms with van der Waals surface area (Å²) in [7, 11) is 0. The van der Waals surface area contributed by atoms with E-state index in [2.05, 4.69) is 10.3 Å². The van der Waals surface area contributed by atoms with Crippen molar-refractivity contribution >= 4 is 34.8 Å². The highest BCUT2D eigenvalue weighted by Gasteiger charge is 2.26. The average Bonchev–Trinajstić information content (AvgIpc) is 3.32. The fourth-order valence-electron chi connectivity index (χ4n) is 3.23. The van der Waals surface area contributed by atoms with E-state index in [1.165, 1.54) is 23.5 Å².